The van der Waals surface area contributed by atoms with E-state index in [1.54, 1.807) is 0 Å². The molecule has 1 atom stereocenters. The van der Waals surface area contributed by atoms with Gasteiger partial charge in [-0.2, -0.15) is 0 Å². The average Bonchev–Trinajstić information content (AvgIpc) is 3.45. The fourth-order valence-electron chi connectivity index (χ4n) is 9.76. The Balaban J connectivity index is 4.27. The van der Waals surface area contributed by atoms with Gasteiger partial charge in [-0.25, -0.2) is 0 Å². The van der Waals surface area contributed by atoms with E-state index in [1.807, 2.05) is 0 Å². The molecule has 0 spiro atoms. The molecule has 0 bridgehead atoms. The third-order valence-electron chi connectivity index (χ3n) is 14.9. The van der Waals surface area contributed by atoms with Crippen LogP contribution in [-0.2, 0) is 28.6 Å². The van der Waals surface area contributed by atoms with Gasteiger partial charge >= 0.3 is 17.9 Å². The summed E-state index contributed by atoms with van der Waals surface area (Å²) < 4.78 is 16.9. The number of rotatable bonds is 62. The van der Waals surface area contributed by atoms with Crippen molar-refractivity contribution in [1.29, 1.82) is 0 Å². The lowest BCUT2D eigenvalue weighted by atomic mass is 10.0. The van der Waals surface area contributed by atoms with E-state index in [0.717, 1.165) is 89.9 Å². The molecule has 0 N–H and O–H groups in total. The number of hydrogen-bond acceptors (Lipinski definition) is 6. The molecule has 0 aliphatic heterocycles. The third-order valence-corrected chi connectivity index (χ3v) is 14.9. The molecule has 0 aliphatic rings. The second kappa shape index (κ2) is 67.1. The van der Waals surface area contributed by atoms with Gasteiger partial charge in [-0.15, -0.1) is 0 Å². The molecule has 0 fully saturated rings. The molecule has 0 heterocycles. The van der Waals surface area contributed by atoms with E-state index >= 15 is 0 Å². The maximum atomic E-state index is 12.9. The van der Waals surface area contributed by atoms with Crippen LogP contribution in [0.25, 0.3) is 0 Å². The quantitative estimate of drug-likeness (QED) is 0.0261. The van der Waals surface area contributed by atoms with E-state index in [4.69, 9.17) is 14.2 Å². The number of unbranched alkanes of at least 4 members (excludes halogenated alkanes) is 37. The molecular formula is C73H128O6. The van der Waals surface area contributed by atoms with Gasteiger partial charge in [0.1, 0.15) is 13.2 Å². The van der Waals surface area contributed by atoms with E-state index in [0.29, 0.717) is 19.3 Å². The molecule has 6 nitrogen and oxygen atoms in total. The van der Waals surface area contributed by atoms with Crippen molar-refractivity contribution in [3.05, 3.63) is 85.1 Å². The van der Waals surface area contributed by atoms with Gasteiger partial charge in [0, 0.05) is 19.3 Å². The van der Waals surface area contributed by atoms with Crippen LogP contribution >= 0.6 is 0 Å². The smallest absolute Gasteiger partial charge is 0.306 e. The summed E-state index contributed by atoms with van der Waals surface area (Å²) in [6.07, 6.45) is 89.0. The highest BCUT2D eigenvalue weighted by atomic mass is 16.6. The predicted octanol–water partition coefficient (Wildman–Crippen LogP) is 23.4. The highest BCUT2D eigenvalue weighted by Crippen LogP contribution is 2.17. The Kier molecular flexibility index (Phi) is 64.2. The van der Waals surface area contributed by atoms with Crippen LogP contribution in [0.1, 0.15) is 342 Å². The number of esters is 3. The standard InChI is InChI=1S/C73H128O6/c1-4-7-10-13-16-19-22-25-28-30-31-32-33-34-35-36-37-38-39-40-41-43-45-48-51-54-57-60-63-66-72(75)78-69-70(68-77-71(74)65-62-59-56-53-50-47-44-27-24-21-18-15-12-9-6-3)79-73(76)67-64-61-58-55-52-49-46-42-29-26-23-20-17-14-11-8-5-2/h9,12,18,21-22,25-27,29-31,44,50,53,70H,4-8,10-11,13-17,19-20,23-24,28,32-43,45-49,51-52,54-69H2,1-3H3/b12-9-,21-18-,25-22-,29-26-,31-30-,44-27-,53-50-. The molecule has 0 aromatic heterocycles. The van der Waals surface area contributed by atoms with E-state index < -0.39 is 6.10 Å². The Morgan fingerprint density at radius 2 is 0.494 bits per heavy atom. The third kappa shape index (κ3) is 65.3. The van der Waals surface area contributed by atoms with Gasteiger partial charge in [0.05, 0.1) is 0 Å². The Morgan fingerprint density at radius 1 is 0.266 bits per heavy atom. The summed E-state index contributed by atoms with van der Waals surface area (Å²) in [5.41, 5.74) is 0. The molecule has 6 heteroatoms. The van der Waals surface area contributed by atoms with Crippen molar-refractivity contribution in [3.8, 4) is 0 Å². The lowest BCUT2D eigenvalue weighted by Crippen LogP contribution is -2.30. The van der Waals surface area contributed by atoms with E-state index in [-0.39, 0.29) is 31.1 Å². The molecule has 0 saturated carbocycles. The first-order valence-corrected chi connectivity index (χ1v) is 34.1. The van der Waals surface area contributed by atoms with Crippen LogP contribution in [-0.4, -0.2) is 37.2 Å². The van der Waals surface area contributed by atoms with E-state index in [1.165, 1.54) is 212 Å². The molecule has 1 unspecified atom stereocenters. The summed E-state index contributed by atoms with van der Waals surface area (Å²) in [5, 5.41) is 0. The van der Waals surface area contributed by atoms with Gasteiger partial charge in [-0.05, 0) is 116 Å². The number of carbonyl (C=O) groups is 3. The summed E-state index contributed by atoms with van der Waals surface area (Å²) in [4.78, 5) is 38.3. The monoisotopic (exact) mass is 1100 g/mol. The van der Waals surface area contributed by atoms with Crippen molar-refractivity contribution in [1.82, 2.24) is 0 Å². The van der Waals surface area contributed by atoms with E-state index in [2.05, 4.69) is 106 Å². The zero-order chi connectivity index (χ0) is 57.1. The van der Waals surface area contributed by atoms with Crippen molar-refractivity contribution in [2.24, 2.45) is 0 Å². The Hall–Kier alpha value is -3.41. The molecule has 0 saturated heterocycles. The normalized spacial score (nSPS) is 12.6. The van der Waals surface area contributed by atoms with E-state index in [9.17, 15) is 14.4 Å². The molecule has 0 rings (SSSR count). The molecule has 79 heavy (non-hydrogen) atoms. The summed E-state index contributed by atoms with van der Waals surface area (Å²) in [6.45, 7) is 6.51. The number of ether oxygens (including phenoxy) is 3. The van der Waals surface area contributed by atoms with Crippen LogP contribution in [0.2, 0.25) is 0 Å². The van der Waals surface area contributed by atoms with Gasteiger partial charge in [0.2, 0.25) is 0 Å². The minimum absolute atomic E-state index is 0.0891. The van der Waals surface area contributed by atoms with Gasteiger partial charge < -0.3 is 14.2 Å². The van der Waals surface area contributed by atoms with Gasteiger partial charge in [-0.3, -0.25) is 14.4 Å². The van der Waals surface area contributed by atoms with Crippen molar-refractivity contribution >= 4 is 17.9 Å². The second-order valence-electron chi connectivity index (χ2n) is 22.7. The average molecular weight is 1100 g/mol. The summed E-state index contributed by atoms with van der Waals surface area (Å²) in [5.74, 6) is -0.922. The number of carbonyl (C=O) groups excluding carboxylic acids is 3. The molecule has 0 amide bonds. The lowest BCUT2D eigenvalue weighted by Gasteiger charge is -2.18. The minimum Gasteiger partial charge on any atom is -0.462 e. The van der Waals surface area contributed by atoms with Crippen molar-refractivity contribution in [3.63, 3.8) is 0 Å². The van der Waals surface area contributed by atoms with Crippen LogP contribution < -0.4 is 0 Å². The molecule has 0 radical (unpaired) electrons. The van der Waals surface area contributed by atoms with Crippen molar-refractivity contribution in [2.45, 2.75) is 348 Å². The summed E-state index contributed by atoms with van der Waals surface area (Å²) in [6, 6.07) is 0. The number of allylic oxidation sites excluding steroid dienone is 14. The first kappa shape index (κ1) is 75.6. The molecular weight excluding hydrogens is 973 g/mol. The summed E-state index contributed by atoms with van der Waals surface area (Å²) in [7, 11) is 0. The molecule has 0 aliphatic carbocycles. The maximum Gasteiger partial charge on any atom is 0.306 e. The maximum absolute atomic E-state index is 12.9. The zero-order valence-electron chi connectivity index (χ0n) is 52.4. The lowest BCUT2D eigenvalue weighted by molar-refractivity contribution is -0.167. The first-order chi connectivity index (χ1) is 39.0. The zero-order valence-corrected chi connectivity index (χ0v) is 52.4. The molecule has 0 aromatic rings. The number of hydrogen-bond donors (Lipinski definition) is 0. The predicted molar refractivity (Wildman–Crippen MR) is 344 cm³/mol. The highest BCUT2D eigenvalue weighted by molar-refractivity contribution is 5.71. The van der Waals surface area contributed by atoms with Crippen LogP contribution in [0, 0.1) is 0 Å². The fraction of sp³-hybridized carbons (Fsp3) is 0.767. The van der Waals surface area contributed by atoms with Gasteiger partial charge in [0.25, 0.3) is 0 Å². The SMILES string of the molecule is CC/C=C\C/C=C\C/C=C\C/C=C\CCCCC(=O)OCC(COC(=O)CCCCCCCCCCCCCCCCCCC/C=C\C/C=C\CCCCCCC)OC(=O)CCCCCCCCC/C=C\CCCCCCCC. The first-order valence-electron chi connectivity index (χ1n) is 34.1. The van der Waals surface area contributed by atoms with Crippen LogP contribution in [0.4, 0.5) is 0 Å². The van der Waals surface area contributed by atoms with Crippen molar-refractivity contribution < 1.29 is 28.6 Å². The Morgan fingerprint density at radius 3 is 0.810 bits per heavy atom. The van der Waals surface area contributed by atoms with Crippen LogP contribution in [0.5, 0.6) is 0 Å². The van der Waals surface area contributed by atoms with Crippen molar-refractivity contribution in [2.75, 3.05) is 13.2 Å². The fourth-order valence-corrected chi connectivity index (χ4v) is 9.76. The second-order valence-corrected chi connectivity index (χ2v) is 22.7. The van der Waals surface area contributed by atoms with Gasteiger partial charge in [0.15, 0.2) is 6.10 Å². The molecule has 456 valence electrons. The van der Waals surface area contributed by atoms with Gasteiger partial charge in [-0.1, -0.05) is 292 Å². The largest absolute Gasteiger partial charge is 0.462 e. The Bertz CT molecular complexity index is 1500. The topological polar surface area (TPSA) is 78.9 Å². The van der Waals surface area contributed by atoms with Crippen LogP contribution in [0.15, 0.2) is 85.1 Å². The highest BCUT2D eigenvalue weighted by Gasteiger charge is 2.19. The Labute approximate surface area is 490 Å². The minimum atomic E-state index is -0.796. The molecule has 0 aromatic carbocycles. The van der Waals surface area contributed by atoms with Crippen LogP contribution in [0.3, 0.4) is 0 Å². The summed E-state index contributed by atoms with van der Waals surface area (Å²) >= 11 is 0.